The van der Waals surface area contributed by atoms with Crippen molar-refractivity contribution in [1.82, 2.24) is 4.98 Å². The van der Waals surface area contributed by atoms with Gasteiger partial charge in [-0.15, -0.1) is 17.9 Å². The highest BCUT2D eigenvalue weighted by molar-refractivity contribution is 7.13. The minimum absolute atomic E-state index is 0.223. The molecule has 0 amide bonds. The standard InChI is InChI=1S/C20H18N2O2S/c1-2-12-21-20-22-18(14-25-20)19(23)24-13-15-8-10-17(11-9-15)16-6-4-3-5-7-16/h2-11,14H,1,12-13H2,(H,21,22). The number of hydrogen-bond acceptors (Lipinski definition) is 5. The summed E-state index contributed by atoms with van der Waals surface area (Å²) in [6.45, 7) is 4.46. The number of ether oxygens (including phenoxy) is 1. The summed E-state index contributed by atoms with van der Waals surface area (Å²) in [6, 6.07) is 18.1. The van der Waals surface area contributed by atoms with Gasteiger partial charge in [0.15, 0.2) is 10.8 Å². The summed E-state index contributed by atoms with van der Waals surface area (Å²) in [7, 11) is 0. The molecule has 25 heavy (non-hydrogen) atoms. The van der Waals surface area contributed by atoms with Crippen molar-refractivity contribution in [3.63, 3.8) is 0 Å². The largest absolute Gasteiger partial charge is 0.456 e. The van der Waals surface area contributed by atoms with Crippen molar-refractivity contribution < 1.29 is 9.53 Å². The molecule has 126 valence electrons. The SMILES string of the molecule is C=CCNc1nc(C(=O)OCc2ccc(-c3ccccc3)cc2)cs1. The van der Waals surface area contributed by atoms with Crippen LogP contribution in [0.2, 0.25) is 0 Å². The lowest BCUT2D eigenvalue weighted by Crippen LogP contribution is -2.06. The molecule has 0 atom stereocenters. The molecule has 0 spiro atoms. The molecule has 0 saturated heterocycles. The van der Waals surface area contributed by atoms with Crippen molar-refractivity contribution in [3.05, 3.63) is 83.9 Å². The van der Waals surface area contributed by atoms with Crippen molar-refractivity contribution in [2.24, 2.45) is 0 Å². The summed E-state index contributed by atoms with van der Waals surface area (Å²) in [5, 5.41) is 5.41. The molecule has 5 heteroatoms. The van der Waals surface area contributed by atoms with Crippen LogP contribution in [-0.2, 0) is 11.3 Å². The molecule has 0 fully saturated rings. The number of hydrogen-bond donors (Lipinski definition) is 1. The third kappa shape index (κ3) is 4.55. The van der Waals surface area contributed by atoms with Gasteiger partial charge in [0.25, 0.3) is 0 Å². The summed E-state index contributed by atoms with van der Waals surface area (Å²) in [5.41, 5.74) is 3.55. The predicted octanol–water partition coefficient (Wildman–Crippen LogP) is 4.77. The number of carbonyl (C=O) groups excluding carboxylic acids is 1. The molecule has 0 aliphatic rings. The summed E-state index contributed by atoms with van der Waals surface area (Å²) in [4.78, 5) is 16.3. The number of esters is 1. The topological polar surface area (TPSA) is 51.2 Å². The third-order valence-electron chi connectivity index (χ3n) is 3.54. The number of nitrogens with zero attached hydrogens (tertiary/aromatic N) is 1. The van der Waals surface area contributed by atoms with Gasteiger partial charge < -0.3 is 10.1 Å². The maximum Gasteiger partial charge on any atom is 0.358 e. The van der Waals surface area contributed by atoms with Gasteiger partial charge in [0, 0.05) is 11.9 Å². The van der Waals surface area contributed by atoms with Gasteiger partial charge >= 0.3 is 5.97 Å². The van der Waals surface area contributed by atoms with Gasteiger partial charge in [-0.2, -0.15) is 0 Å². The zero-order valence-electron chi connectivity index (χ0n) is 13.6. The van der Waals surface area contributed by atoms with E-state index in [9.17, 15) is 4.79 Å². The van der Waals surface area contributed by atoms with Gasteiger partial charge in [-0.3, -0.25) is 0 Å². The van der Waals surface area contributed by atoms with Crippen LogP contribution in [0, 0.1) is 0 Å². The molecule has 0 unspecified atom stereocenters. The molecule has 3 aromatic rings. The van der Waals surface area contributed by atoms with E-state index in [1.165, 1.54) is 11.3 Å². The second-order valence-corrected chi connectivity index (χ2v) is 6.20. The maximum atomic E-state index is 12.1. The first-order valence-corrected chi connectivity index (χ1v) is 8.76. The minimum atomic E-state index is -0.421. The lowest BCUT2D eigenvalue weighted by atomic mass is 10.0. The fourth-order valence-electron chi connectivity index (χ4n) is 2.26. The van der Waals surface area contributed by atoms with Crippen LogP contribution in [-0.4, -0.2) is 17.5 Å². The van der Waals surface area contributed by atoms with Gasteiger partial charge in [0.1, 0.15) is 6.61 Å². The number of benzene rings is 2. The van der Waals surface area contributed by atoms with Gasteiger partial charge in [-0.05, 0) is 16.7 Å². The Labute approximate surface area is 150 Å². The van der Waals surface area contributed by atoms with Crippen LogP contribution in [0.3, 0.4) is 0 Å². The van der Waals surface area contributed by atoms with Gasteiger partial charge in [-0.25, -0.2) is 9.78 Å². The molecule has 1 heterocycles. The monoisotopic (exact) mass is 350 g/mol. The highest BCUT2D eigenvalue weighted by Gasteiger charge is 2.12. The minimum Gasteiger partial charge on any atom is -0.456 e. The molecule has 3 rings (SSSR count). The highest BCUT2D eigenvalue weighted by Crippen LogP contribution is 2.20. The van der Waals surface area contributed by atoms with Crippen LogP contribution in [0.1, 0.15) is 16.1 Å². The van der Waals surface area contributed by atoms with Gasteiger partial charge in [0.05, 0.1) is 0 Å². The molecule has 0 saturated carbocycles. The van der Waals surface area contributed by atoms with E-state index in [1.807, 2.05) is 42.5 Å². The molecule has 4 nitrogen and oxygen atoms in total. The van der Waals surface area contributed by atoms with Crippen LogP contribution in [0.5, 0.6) is 0 Å². The fraction of sp³-hybridized carbons (Fsp3) is 0.100. The van der Waals surface area contributed by atoms with E-state index in [2.05, 4.69) is 29.0 Å². The first kappa shape index (κ1) is 16.9. The molecule has 1 N–H and O–H groups in total. The Morgan fingerprint density at radius 2 is 1.84 bits per heavy atom. The Morgan fingerprint density at radius 1 is 1.12 bits per heavy atom. The predicted molar refractivity (Wildman–Crippen MR) is 102 cm³/mol. The first-order valence-electron chi connectivity index (χ1n) is 7.88. The summed E-state index contributed by atoms with van der Waals surface area (Å²) in [6.07, 6.45) is 1.73. The Bertz CT molecular complexity index is 842. The van der Waals surface area contributed by atoms with Crippen LogP contribution in [0.25, 0.3) is 11.1 Å². The van der Waals surface area contributed by atoms with E-state index in [1.54, 1.807) is 11.5 Å². The summed E-state index contributed by atoms with van der Waals surface area (Å²) >= 11 is 1.37. The maximum absolute atomic E-state index is 12.1. The van der Waals surface area contributed by atoms with E-state index >= 15 is 0 Å². The Kier molecular flexibility index (Phi) is 5.59. The van der Waals surface area contributed by atoms with Crippen LogP contribution < -0.4 is 5.32 Å². The van der Waals surface area contributed by atoms with E-state index in [0.717, 1.165) is 16.7 Å². The van der Waals surface area contributed by atoms with Crippen molar-refractivity contribution in [1.29, 1.82) is 0 Å². The molecule has 1 aromatic heterocycles. The molecule has 0 radical (unpaired) electrons. The lowest BCUT2D eigenvalue weighted by molar-refractivity contribution is 0.0467. The zero-order chi connectivity index (χ0) is 17.5. The molecular weight excluding hydrogens is 332 g/mol. The van der Waals surface area contributed by atoms with Gasteiger partial charge in [0.2, 0.25) is 0 Å². The number of carbonyl (C=O) groups is 1. The van der Waals surface area contributed by atoms with Crippen LogP contribution in [0.4, 0.5) is 5.13 Å². The van der Waals surface area contributed by atoms with Crippen molar-refractivity contribution in [2.75, 3.05) is 11.9 Å². The average molecular weight is 350 g/mol. The van der Waals surface area contributed by atoms with E-state index < -0.39 is 5.97 Å². The van der Waals surface area contributed by atoms with Crippen molar-refractivity contribution in [3.8, 4) is 11.1 Å². The number of nitrogens with one attached hydrogen (secondary N) is 1. The fourth-order valence-corrected chi connectivity index (χ4v) is 2.94. The molecule has 0 aliphatic heterocycles. The summed E-state index contributed by atoms with van der Waals surface area (Å²) < 4.78 is 5.33. The van der Waals surface area contributed by atoms with Crippen LogP contribution in [0.15, 0.2) is 72.6 Å². The average Bonchev–Trinajstić information content (AvgIpc) is 3.14. The highest BCUT2D eigenvalue weighted by atomic mass is 32.1. The molecule has 0 bridgehead atoms. The summed E-state index contributed by atoms with van der Waals surface area (Å²) in [5.74, 6) is -0.421. The van der Waals surface area contributed by atoms with E-state index in [0.29, 0.717) is 17.4 Å². The van der Waals surface area contributed by atoms with Crippen molar-refractivity contribution in [2.45, 2.75) is 6.61 Å². The number of anilines is 1. The second-order valence-electron chi connectivity index (χ2n) is 5.35. The smallest absolute Gasteiger partial charge is 0.358 e. The van der Waals surface area contributed by atoms with E-state index in [-0.39, 0.29) is 6.61 Å². The Balaban J connectivity index is 1.57. The lowest BCUT2D eigenvalue weighted by Gasteiger charge is -2.05. The normalized spacial score (nSPS) is 10.2. The number of thiazole rings is 1. The van der Waals surface area contributed by atoms with Crippen LogP contribution >= 0.6 is 11.3 Å². The Hall–Kier alpha value is -2.92. The quantitative estimate of drug-likeness (QED) is 0.493. The molecule has 2 aromatic carbocycles. The third-order valence-corrected chi connectivity index (χ3v) is 4.34. The number of rotatable bonds is 7. The number of aromatic nitrogens is 1. The van der Waals surface area contributed by atoms with Crippen molar-refractivity contribution >= 4 is 22.4 Å². The van der Waals surface area contributed by atoms with Gasteiger partial charge in [-0.1, -0.05) is 60.7 Å². The molecular formula is C20H18N2O2S. The Morgan fingerprint density at radius 3 is 2.56 bits per heavy atom. The zero-order valence-corrected chi connectivity index (χ0v) is 14.5. The van der Waals surface area contributed by atoms with E-state index in [4.69, 9.17) is 4.74 Å². The molecule has 0 aliphatic carbocycles. The first-order chi connectivity index (χ1) is 12.3. The second kappa shape index (κ2) is 8.26.